The molecule has 1 fully saturated rings. The molecule has 140 valence electrons. The number of hydrogen-bond donors (Lipinski definition) is 0. The first kappa shape index (κ1) is 18.8. The minimum atomic E-state index is 0.503. The second-order valence-electron chi connectivity index (χ2n) is 6.49. The number of nitrogens with zero attached hydrogens (tertiary/aromatic N) is 4. The lowest BCUT2D eigenvalue weighted by Gasteiger charge is -2.37. The molecule has 1 aliphatic rings. The minimum absolute atomic E-state index is 0.503. The molecule has 3 rings (SSSR count). The molecule has 0 amide bonds. The van der Waals surface area contributed by atoms with Gasteiger partial charge in [-0.2, -0.15) is 9.97 Å². The Morgan fingerprint density at radius 3 is 2.23 bits per heavy atom. The van der Waals surface area contributed by atoms with E-state index in [1.165, 1.54) is 30.3 Å². The maximum Gasteiger partial charge on any atom is 0.220 e. The van der Waals surface area contributed by atoms with Gasteiger partial charge in [-0.25, -0.2) is 0 Å². The fourth-order valence-corrected chi connectivity index (χ4v) is 4.08. The SMILES string of the molecule is COc1cc(OC)nc(Sc2ccccc2N2CCC(N(C)C)CC2)n1. The number of methoxy groups -OCH3 is 2. The molecular formula is C19H26N4O2S. The Labute approximate surface area is 159 Å². The third-order valence-corrected chi connectivity index (χ3v) is 5.61. The first-order valence-corrected chi connectivity index (χ1v) is 9.57. The van der Waals surface area contributed by atoms with Crippen LogP contribution in [0.15, 0.2) is 40.4 Å². The first-order chi connectivity index (χ1) is 12.6. The van der Waals surface area contributed by atoms with Gasteiger partial charge in [-0.1, -0.05) is 12.1 Å². The van der Waals surface area contributed by atoms with Crippen molar-refractivity contribution in [1.29, 1.82) is 0 Å². The predicted molar refractivity (Wildman–Crippen MR) is 105 cm³/mol. The van der Waals surface area contributed by atoms with E-state index in [0.717, 1.165) is 18.0 Å². The molecule has 0 N–H and O–H groups in total. The molecule has 0 unspecified atom stereocenters. The van der Waals surface area contributed by atoms with E-state index >= 15 is 0 Å². The van der Waals surface area contributed by atoms with Gasteiger partial charge in [0.05, 0.1) is 26.0 Å². The lowest BCUT2D eigenvalue weighted by Crippen LogP contribution is -2.42. The van der Waals surface area contributed by atoms with Crippen molar-refractivity contribution in [3.63, 3.8) is 0 Å². The van der Waals surface area contributed by atoms with Gasteiger partial charge in [0.2, 0.25) is 11.8 Å². The number of para-hydroxylation sites is 1. The predicted octanol–water partition coefficient (Wildman–Crippen LogP) is 3.18. The Kier molecular flexibility index (Phi) is 6.21. The maximum absolute atomic E-state index is 5.26. The number of piperidine rings is 1. The van der Waals surface area contributed by atoms with E-state index in [9.17, 15) is 0 Å². The number of rotatable bonds is 6. The van der Waals surface area contributed by atoms with Crippen LogP contribution in [0.4, 0.5) is 5.69 Å². The van der Waals surface area contributed by atoms with Gasteiger partial charge in [-0.15, -0.1) is 0 Å². The molecule has 2 heterocycles. The standard InChI is InChI=1S/C19H26N4O2S/c1-22(2)14-9-11-23(12-10-14)15-7-5-6-8-16(15)26-19-20-17(24-3)13-18(21-19)25-4/h5-8,13-14H,9-12H2,1-4H3. The second kappa shape index (κ2) is 8.60. The zero-order valence-corrected chi connectivity index (χ0v) is 16.6. The molecule has 1 aromatic heterocycles. The van der Waals surface area contributed by atoms with Gasteiger partial charge in [0.15, 0.2) is 5.16 Å². The Hall–Kier alpha value is -1.99. The van der Waals surface area contributed by atoms with Crippen LogP contribution >= 0.6 is 11.8 Å². The molecule has 1 aromatic carbocycles. The van der Waals surface area contributed by atoms with E-state index in [0.29, 0.717) is 23.0 Å². The summed E-state index contributed by atoms with van der Waals surface area (Å²) in [4.78, 5) is 14.8. The molecular weight excluding hydrogens is 348 g/mol. The van der Waals surface area contributed by atoms with Crippen LogP contribution in [0.1, 0.15) is 12.8 Å². The van der Waals surface area contributed by atoms with Crippen molar-refractivity contribution in [2.45, 2.75) is 28.9 Å². The van der Waals surface area contributed by atoms with Crippen molar-refractivity contribution in [3.8, 4) is 11.8 Å². The average Bonchev–Trinajstić information content (AvgIpc) is 2.68. The largest absolute Gasteiger partial charge is 0.481 e. The summed E-state index contributed by atoms with van der Waals surface area (Å²) in [7, 11) is 7.52. The maximum atomic E-state index is 5.26. The summed E-state index contributed by atoms with van der Waals surface area (Å²) in [5.41, 5.74) is 1.24. The summed E-state index contributed by atoms with van der Waals surface area (Å²) in [6.07, 6.45) is 2.35. The fourth-order valence-electron chi connectivity index (χ4n) is 3.16. The highest BCUT2D eigenvalue weighted by Crippen LogP contribution is 2.36. The number of benzene rings is 1. The monoisotopic (exact) mass is 374 g/mol. The van der Waals surface area contributed by atoms with Crippen LogP contribution in [0.2, 0.25) is 0 Å². The smallest absolute Gasteiger partial charge is 0.220 e. The van der Waals surface area contributed by atoms with Crippen LogP contribution in [0.25, 0.3) is 0 Å². The van der Waals surface area contributed by atoms with Gasteiger partial charge in [0.25, 0.3) is 0 Å². The molecule has 0 spiro atoms. The molecule has 6 nitrogen and oxygen atoms in total. The Balaban J connectivity index is 1.80. The molecule has 1 aliphatic heterocycles. The minimum Gasteiger partial charge on any atom is -0.481 e. The highest BCUT2D eigenvalue weighted by atomic mass is 32.2. The zero-order valence-electron chi connectivity index (χ0n) is 15.8. The average molecular weight is 375 g/mol. The van der Waals surface area contributed by atoms with E-state index in [1.54, 1.807) is 20.3 Å². The van der Waals surface area contributed by atoms with Gasteiger partial charge in [0, 0.05) is 24.0 Å². The molecule has 0 aliphatic carbocycles. The normalized spacial score (nSPS) is 15.3. The summed E-state index contributed by atoms with van der Waals surface area (Å²) in [5, 5.41) is 0.622. The Morgan fingerprint density at radius 2 is 1.65 bits per heavy atom. The summed E-state index contributed by atoms with van der Waals surface area (Å²) < 4.78 is 10.5. The van der Waals surface area contributed by atoms with Crippen molar-refractivity contribution in [2.24, 2.45) is 0 Å². The number of anilines is 1. The van der Waals surface area contributed by atoms with Crippen molar-refractivity contribution >= 4 is 17.4 Å². The van der Waals surface area contributed by atoms with E-state index in [4.69, 9.17) is 9.47 Å². The van der Waals surface area contributed by atoms with E-state index in [1.807, 2.05) is 0 Å². The van der Waals surface area contributed by atoms with Crippen molar-refractivity contribution in [2.75, 3.05) is 46.3 Å². The van der Waals surface area contributed by atoms with Crippen molar-refractivity contribution in [1.82, 2.24) is 14.9 Å². The van der Waals surface area contributed by atoms with Crippen LogP contribution in [0, 0.1) is 0 Å². The van der Waals surface area contributed by atoms with Crippen molar-refractivity contribution in [3.05, 3.63) is 30.3 Å². The van der Waals surface area contributed by atoms with Crippen LogP contribution in [0.5, 0.6) is 11.8 Å². The summed E-state index contributed by atoms with van der Waals surface area (Å²) >= 11 is 1.54. The molecule has 2 aromatic rings. The van der Waals surface area contributed by atoms with Gasteiger partial charge in [-0.05, 0) is 50.8 Å². The van der Waals surface area contributed by atoms with E-state index in [2.05, 4.69) is 58.1 Å². The highest BCUT2D eigenvalue weighted by molar-refractivity contribution is 7.99. The van der Waals surface area contributed by atoms with Crippen molar-refractivity contribution < 1.29 is 9.47 Å². The second-order valence-corrected chi connectivity index (χ2v) is 7.50. The lowest BCUT2D eigenvalue weighted by atomic mass is 10.0. The molecule has 1 saturated heterocycles. The Bertz CT molecular complexity index is 711. The number of ether oxygens (including phenoxy) is 2. The first-order valence-electron chi connectivity index (χ1n) is 8.76. The molecule has 7 heteroatoms. The van der Waals surface area contributed by atoms with E-state index < -0.39 is 0 Å². The Morgan fingerprint density at radius 1 is 1.04 bits per heavy atom. The van der Waals surface area contributed by atoms with E-state index in [-0.39, 0.29) is 0 Å². The topological polar surface area (TPSA) is 50.7 Å². The summed E-state index contributed by atoms with van der Waals surface area (Å²) in [6.45, 7) is 2.12. The number of hydrogen-bond acceptors (Lipinski definition) is 7. The molecule has 0 radical (unpaired) electrons. The molecule has 0 bridgehead atoms. The summed E-state index contributed by atoms with van der Waals surface area (Å²) in [6, 6.07) is 10.8. The van der Waals surface area contributed by atoms with Crippen LogP contribution in [0.3, 0.4) is 0 Å². The molecule has 0 atom stereocenters. The quantitative estimate of drug-likeness (QED) is 0.720. The third-order valence-electron chi connectivity index (χ3n) is 4.68. The van der Waals surface area contributed by atoms with Gasteiger partial charge < -0.3 is 19.3 Å². The van der Waals surface area contributed by atoms with Gasteiger partial charge >= 0.3 is 0 Å². The van der Waals surface area contributed by atoms with Gasteiger partial charge in [-0.3, -0.25) is 0 Å². The van der Waals surface area contributed by atoms with Crippen LogP contribution < -0.4 is 14.4 Å². The zero-order chi connectivity index (χ0) is 18.5. The molecule has 0 saturated carbocycles. The highest BCUT2D eigenvalue weighted by Gasteiger charge is 2.22. The molecule has 26 heavy (non-hydrogen) atoms. The fraction of sp³-hybridized carbons (Fsp3) is 0.474. The van der Waals surface area contributed by atoms with Crippen LogP contribution in [-0.2, 0) is 0 Å². The summed E-state index contributed by atoms with van der Waals surface area (Å²) in [5.74, 6) is 1.01. The lowest BCUT2D eigenvalue weighted by molar-refractivity contribution is 0.249. The third kappa shape index (κ3) is 4.40. The van der Waals surface area contributed by atoms with Gasteiger partial charge in [0.1, 0.15) is 0 Å². The number of aromatic nitrogens is 2. The van der Waals surface area contributed by atoms with Crippen LogP contribution in [-0.4, -0.2) is 62.3 Å².